The second-order valence-electron chi connectivity index (χ2n) is 10.5. The number of carboxylic acid groups (broad SMARTS) is 12. The molecule has 0 amide bonds. The molecule has 9 N–H and O–H groups in total. The Bertz CT molecular complexity index is 2020. The van der Waals surface area contributed by atoms with E-state index in [2.05, 4.69) is 0 Å². The fourth-order valence-corrected chi connectivity index (χ4v) is 4.53. The van der Waals surface area contributed by atoms with Gasteiger partial charge in [-0.15, -0.1) is 0 Å². The van der Waals surface area contributed by atoms with Crippen LogP contribution in [0.1, 0.15) is 124 Å². The van der Waals surface area contributed by atoms with E-state index in [0.29, 0.717) is 0 Å². The van der Waals surface area contributed by atoms with Crippen LogP contribution in [0.2, 0.25) is 0 Å². The number of hydrogen-bond acceptors (Lipinski definition) is 15. The zero-order chi connectivity index (χ0) is 46.3. The number of carboxylic acids is 12. The van der Waals surface area contributed by atoms with Crippen molar-refractivity contribution in [2.24, 2.45) is 0 Å². The molecule has 0 radical (unpaired) electrons. The van der Waals surface area contributed by atoms with Gasteiger partial charge in [-0.3, -0.25) is 0 Å². The molecule has 0 bridgehead atoms. The molecule has 4 aromatic rings. The van der Waals surface area contributed by atoms with Crippen molar-refractivity contribution in [1.29, 1.82) is 0 Å². The smallest absolute Gasteiger partial charge is 0.337 e. The van der Waals surface area contributed by atoms with Crippen LogP contribution in [0, 0.1) is 120 Å². The van der Waals surface area contributed by atoms with E-state index >= 15 is 0 Å². The summed E-state index contributed by atoms with van der Waals surface area (Å²) < 4.78 is 0. The van der Waals surface area contributed by atoms with E-state index in [-0.39, 0.29) is 120 Å². The molecule has 0 saturated carbocycles. The first-order valence-corrected chi connectivity index (χ1v) is 15.1. The van der Waals surface area contributed by atoms with Gasteiger partial charge in [-0.25, -0.2) is 43.2 Å². The van der Waals surface area contributed by atoms with Crippen LogP contribution in [-0.4, -0.2) is 118 Å². The quantitative estimate of drug-likeness (QED) is 0.0832. The minimum absolute atomic E-state index is 0. The summed E-state index contributed by atoms with van der Waals surface area (Å²) in [6.45, 7) is 0. The standard InChI is InChI=1S/4C9H6O6.3Th/c4*10-7(11)4-2-1-3-5(8(12)13)6(4)9(14)15;;;/h4*1-3H,(H,10,11)(H,12,13)(H,14,15);;;/p-3. The molecule has 0 saturated heterocycles. The molecule has 4 rings (SSSR count). The fraction of sp³-hybridized carbons (Fsp3) is 0. The van der Waals surface area contributed by atoms with Crippen molar-refractivity contribution in [3.8, 4) is 0 Å². The average Bonchev–Trinajstić information content (AvgIpc) is 3.16. The number of hydrogen-bond donors (Lipinski definition) is 9. The normalized spacial score (nSPS) is 9.14. The van der Waals surface area contributed by atoms with Crippen LogP contribution in [-0.2, 0) is 0 Å². The first kappa shape index (κ1) is 61.8. The first-order valence-electron chi connectivity index (χ1n) is 15.1. The monoisotopic (exact) mass is 1530 g/mol. The maximum atomic E-state index is 10.7. The molecule has 4 aromatic carbocycles. The van der Waals surface area contributed by atoms with Crippen LogP contribution in [0.5, 0.6) is 0 Å². The average molecular weight is 1530 g/mol. The SMILES string of the molecule is O=C(O)c1cccc(C(=O)O)c1C(=O)O.O=C(O)c1cccc(C(=O)O)c1C(=O)O.O=C(O)c1cccc(C(=O)O)c1C(=O)O.O=C([O-])c1cccc(C(=O)[O-])c1C(=O)[O-].[Th].[Th].[Th]. The van der Waals surface area contributed by atoms with Gasteiger partial charge in [0.2, 0.25) is 0 Å². The molecule has 0 unspecified atom stereocenters. The van der Waals surface area contributed by atoms with Crippen molar-refractivity contribution >= 4 is 71.6 Å². The van der Waals surface area contributed by atoms with Crippen molar-refractivity contribution in [3.63, 3.8) is 0 Å². The van der Waals surface area contributed by atoms with E-state index in [9.17, 15) is 72.9 Å². The Morgan fingerprint density at radius 2 is 0.413 bits per heavy atom. The molecule has 0 aliphatic rings. The molecule has 0 fully saturated rings. The number of aromatic carboxylic acids is 12. The van der Waals surface area contributed by atoms with Gasteiger partial charge in [-0.1, -0.05) is 36.4 Å². The molecule has 0 aliphatic heterocycles. The third kappa shape index (κ3) is 17.3. The number of benzene rings is 4. The predicted molar refractivity (Wildman–Crippen MR) is 181 cm³/mol. The molecule has 324 valence electrons. The van der Waals surface area contributed by atoms with Gasteiger partial charge in [0.1, 0.15) is 0 Å². The van der Waals surface area contributed by atoms with Gasteiger partial charge < -0.3 is 75.7 Å². The summed E-state index contributed by atoms with van der Waals surface area (Å²) in [7, 11) is 0. The van der Waals surface area contributed by atoms with Crippen molar-refractivity contribution in [2.75, 3.05) is 0 Å². The van der Waals surface area contributed by atoms with Gasteiger partial charge >= 0.3 is 53.7 Å². The van der Waals surface area contributed by atoms with Crippen molar-refractivity contribution in [3.05, 3.63) is 140 Å². The van der Waals surface area contributed by atoms with E-state index in [1.807, 2.05) is 0 Å². The summed E-state index contributed by atoms with van der Waals surface area (Å²) in [6.07, 6.45) is 0. The Labute approximate surface area is 444 Å². The number of rotatable bonds is 12. The molecule has 0 aliphatic carbocycles. The second kappa shape index (κ2) is 28.2. The van der Waals surface area contributed by atoms with Gasteiger partial charge in [-0.2, -0.15) is 0 Å². The van der Waals surface area contributed by atoms with Gasteiger partial charge in [0.25, 0.3) is 0 Å². The van der Waals surface area contributed by atoms with Crippen LogP contribution in [0.25, 0.3) is 0 Å². The van der Waals surface area contributed by atoms with Crippen LogP contribution in [0.4, 0.5) is 0 Å². The zero-order valence-electron chi connectivity index (χ0n) is 30.6. The van der Waals surface area contributed by atoms with E-state index in [1.165, 1.54) is 18.2 Å². The van der Waals surface area contributed by atoms with E-state index in [1.54, 1.807) is 0 Å². The summed E-state index contributed by atoms with van der Waals surface area (Å²) in [6, 6.07) is 12.7. The van der Waals surface area contributed by atoms with Gasteiger partial charge in [0, 0.05) is 137 Å². The summed E-state index contributed by atoms with van der Waals surface area (Å²) >= 11 is 0. The molecule has 24 nitrogen and oxygen atoms in total. The van der Waals surface area contributed by atoms with Crippen LogP contribution >= 0.6 is 0 Å². The minimum Gasteiger partial charge on any atom is -0.545 e. The Morgan fingerprint density at radius 1 is 0.254 bits per heavy atom. The summed E-state index contributed by atoms with van der Waals surface area (Å²) in [4.78, 5) is 128. The maximum absolute atomic E-state index is 10.7. The molecule has 27 heteroatoms. The molecule has 63 heavy (non-hydrogen) atoms. The summed E-state index contributed by atoms with van der Waals surface area (Å²) in [5.41, 5.74) is -7.82. The van der Waals surface area contributed by atoms with Gasteiger partial charge in [0.15, 0.2) is 0 Å². The second-order valence-corrected chi connectivity index (χ2v) is 10.5. The maximum Gasteiger partial charge on any atom is 0.337 e. The third-order valence-corrected chi connectivity index (χ3v) is 6.93. The van der Waals surface area contributed by atoms with E-state index in [4.69, 9.17) is 46.0 Å². The molecule has 0 heterocycles. The Morgan fingerprint density at radius 3 is 0.524 bits per heavy atom. The molecule has 0 aromatic heterocycles. The summed E-state index contributed by atoms with van der Waals surface area (Å²) in [5, 5.41) is 110. The van der Waals surface area contributed by atoms with E-state index < -0.39 is 138 Å². The van der Waals surface area contributed by atoms with Crippen LogP contribution < -0.4 is 15.3 Å². The Hall–Kier alpha value is -5.51. The molecular weight excluding hydrogens is 1510 g/mol. The topological polar surface area (TPSA) is 456 Å². The third-order valence-electron chi connectivity index (χ3n) is 6.93. The first-order chi connectivity index (χ1) is 27.8. The van der Waals surface area contributed by atoms with Gasteiger partial charge in [-0.05, 0) is 36.4 Å². The summed E-state index contributed by atoms with van der Waals surface area (Å²) in [5.74, 6) is -19.1. The number of carbonyl (C=O) groups excluding carboxylic acids is 3. The van der Waals surface area contributed by atoms with E-state index in [0.717, 1.165) is 54.6 Å². The van der Waals surface area contributed by atoms with Crippen molar-refractivity contribution < 1.29 is 239 Å². The molecular formula is C36H21O24Th3-3. The zero-order valence-corrected chi connectivity index (χ0v) is 42.9. The number of carbonyl (C=O) groups is 12. The van der Waals surface area contributed by atoms with Crippen molar-refractivity contribution in [2.45, 2.75) is 0 Å². The largest absolute Gasteiger partial charge is 0.545 e. The predicted octanol–water partition coefficient (Wildman–Crippen LogP) is -0.879. The van der Waals surface area contributed by atoms with Crippen LogP contribution in [0.15, 0.2) is 72.8 Å². The molecule has 0 atom stereocenters. The van der Waals surface area contributed by atoms with Crippen LogP contribution in [0.3, 0.4) is 0 Å². The molecule has 0 spiro atoms. The van der Waals surface area contributed by atoms with Gasteiger partial charge in [0.05, 0.1) is 68.0 Å². The minimum atomic E-state index is -1.91. The Balaban J connectivity index is -0.000000750. The fourth-order valence-electron chi connectivity index (χ4n) is 4.53. The van der Waals surface area contributed by atoms with Crippen molar-refractivity contribution in [1.82, 2.24) is 0 Å². The Kier molecular flexibility index (Phi) is 27.7.